The molecule has 1 amide bonds. The molecule has 126 valence electrons. The molecule has 5 heteroatoms. The number of nitrogens with zero attached hydrogens (tertiary/aromatic N) is 1. The van der Waals surface area contributed by atoms with Crippen molar-refractivity contribution >= 4 is 5.91 Å². The molecule has 0 aromatic heterocycles. The van der Waals surface area contributed by atoms with Gasteiger partial charge in [0.1, 0.15) is 0 Å². The van der Waals surface area contributed by atoms with Crippen LogP contribution in [0.15, 0.2) is 0 Å². The summed E-state index contributed by atoms with van der Waals surface area (Å²) in [5.74, 6) is 0.513. The fourth-order valence-electron chi connectivity index (χ4n) is 3.99. The number of piperidine rings is 1. The van der Waals surface area contributed by atoms with Gasteiger partial charge in [0.25, 0.3) is 0 Å². The first-order valence-electron chi connectivity index (χ1n) is 8.98. The van der Waals surface area contributed by atoms with E-state index in [1.807, 2.05) is 6.92 Å². The van der Waals surface area contributed by atoms with Crippen LogP contribution >= 0.6 is 0 Å². The highest BCUT2D eigenvalue weighted by Gasteiger charge is 2.41. The normalized spacial score (nSPS) is 27.9. The highest BCUT2D eigenvalue weighted by Crippen LogP contribution is 2.31. The van der Waals surface area contributed by atoms with Gasteiger partial charge in [0.15, 0.2) is 5.79 Å². The number of carbonyl (C=O) groups excluding carboxylic acids is 1. The average molecular weight is 310 g/mol. The van der Waals surface area contributed by atoms with E-state index < -0.39 is 0 Å². The van der Waals surface area contributed by atoms with Crippen LogP contribution in [-0.4, -0.2) is 55.5 Å². The molecule has 3 aliphatic rings. The molecule has 0 bridgehead atoms. The molecule has 3 fully saturated rings. The van der Waals surface area contributed by atoms with Crippen molar-refractivity contribution in [3.05, 3.63) is 0 Å². The molecule has 5 nitrogen and oxygen atoms in total. The number of hydrogen-bond donors (Lipinski definition) is 1. The molecule has 0 aromatic carbocycles. The van der Waals surface area contributed by atoms with Crippen molar-refractivity contribution in [3.63, 3.8) is 0 Å². The van der Waals surface area contributed by atoms with E-state index >= 15 is 0 Å². The number of carbonyl (C=O) groups is 1. The molecule has 1 saturated carbocycles. The van der Waals surface area contributed by atoms with E-state index in [1.54, 1.807) is 0 Å². The summed E-state index contributed by atoms with van der Waals surface area (Å²) >= 11 is 0. The summed E-state index contributed by atoms with van der Waals surface area (Å²) < 4.78 is 11.5. The predicted molar refractivity (Wildman–Crippen MR) is 84.5 cm³/mol. The van der Waals surface area contributed by atoms with Gasteiger partial charge >= 0.3 is 0 Å². The maximum Gasteiger partial charge on any atom is 0.237 e. The van der Waals surface area contributed by atoms with Crippen LogP contribution < -0.4 is 5.32 Å². The van der Waals surface area contributed by atoms with Gasteiger partial charge in [-0.3, -0.25) is 9.69 Å². The first kappa shape index (κ1) is 16.2. The van der Waals surface area contributed by atoms with Gasteiger partial charge in [0.05, 0.1) is 19.3 Å². The van der Waals surface area contributed by atoms with Crippen molar-refractivity contribution in [1.29, 1.82) is 0 Å². The second kappa shape index (κ2) is 7.28. The molecule has 1 atom stereocenters. The molecule has 1 unspecified atom stereocenters. The van der Waals surface area contributed by atoms with Gasteiger partial charge in [0, 0.05) is 32.5 Å². The van der Waals surface area contributed by atoms with Gasteiger partial charge < -0.3 is 14.8 Å². The van der Waals surface area contributed by atoms with Crippen LogP contribution in [0.3, 0.4) is 0 Å². The van der Waals surface area contributed by atoms with E-state index in [0.29, 0.717) is 19.1 Å². The molecule has 0 radical (unpaired) electrons. The smallest absolute Gasteiger partial charge is 0.237 e. The number of likely N-dealkylation sites (tertiary alicyclic amines) is 1. The lowest BCUT2D eigenvalue weighted by atomic mass is 9.89. The Balaban J connectivity index is 1.41. The summed E-state index contributed by atoms with van der Waals surface area (Å²) in [6.07, 6.45) is 8.29. The maximum absolute atomic E-state index is 12.4. The molecule has 2 aliphatic heterocycles. The largest absolute Gasteiger partial charge is 0.354 e. The van der Waals surface area contributed by atoms with Gasteiger partial charge in [-0.25, -0.2) is 0 Å². The molecular weight excluding hydrogens is 280 g/mol. The Kier molecular flexibility index (Phi) is 5.37. The highest BCUT2D eigenvalue weighted by molar-refractivity contribution is 5.81. The van der Waals surface area contributed by atoms with E-state index in [4.69, 9.17) is 9.47 Å². The van der Waals surface area contributed by atoms with Gasteiger partial charge in [-0.2, -0.15) is 0 Å². The Hall–Kier alpha value is -0.650. The fourth-order valence-corrected chi connectivity index (χ4v) is 3.99. The first-order valence-corrected chi connectivity index (χ1v) is 8.98. The Bertz CT molecular complexity index is 366. The van der Waals surface area contributed by atoms with E-state index in [-0.39, 0.29) is 17.7 Å². The first-order chi connectivity index (χ1) is 10.7. The lowest BCUT2D eigenvalue weighted by molar-refractivity contribution is -0.188. The summed E-state index contributed by atoms with van der Waals surface area (Å²) in [5.41, 5.74) is 0. The lowest BCUT2D eigenvalue weighted by Crippen LogP contribution is -2.52. The van der Waals surface area contributed by atoms with Crippen LogP contribution in [0.1, 0.15) is 51.9 Å². The van der Waals surface area contributed by atoms with Gasteiger partial charge in [0.2, 0.25) is 5.91 Å². The summed E-state index contributed by atoms with van der Waals surface area (Å²) in [6, 6.07) is -0.0534. The number of hydrogen-bond acceptors (Lipinski definition) is 4. The Morgan fingerprint density at radius 2 is 1.82 bits per heavy atom. The molecular formula is C17H30N2O3. The van der Waals surface area contributed by atoms with Crippen LogP contribution in [0.2, 0.25) is 0 Å². The van der Waals surface area contributed by atoms with Crippen molar-refractivity contribution < 1.29 is 14.3 Å². The van der Waals surface area contributed by atoms with Gasteiger partial charge in [-0.1, -0.05) is 19.3 Å². The summed E-state index contributed by atoms with van der Waals surface area (Å²) in [5, 5.41) is 3.17. The monoisotopic (exact) mass is 310 g/mol. The zero-order valence-electron chi connectivity index (χ0n) is 13.8. The molecule has 1 aliphatic carbocycles. The van der Waals surface area contributed by atoms with Crippen molar-refractivity contribution in [2.75, 3.05) is 32.8 Å². The second-order valence-electron chi connectivity index (χ2n) is 7.07. The number of nitrogens with one attached hydrogen (secondary N) is 1. The minimum Gasteiger partial charge on any atom is -0.354 e. The van der Waals surface area contributed by atoms with Gasteiger partial charge in [-0.05, 0) is 25.7 Å². The topological polar surface area (TPSA) is 50.8 Å². The van der Waals surface area contributed by atoms with Crippen LogP contribution in [0.5, 0.6) is 0 Å². The predicted octanol–water partition coefficient (Wildman–Crippen LogP) is 1.91. The Morgan fingerprint density at radius 3 is 2.45 bits per heavy atom. The molecule has 1 N–H and O–H groups in total. The summed E-state index contributed by atoms with van der Waals surface area (Å²) in [6.45, 7) is 6.03. The van der Waals surface area contributed by atoms with Crippen LogP contribution in [0.4, 0.5) is 0 Å². The van der Waals surface area contributed by atoms with Crippen molar-refractivity contribution in [2.24, 2.45) is 5.92 Å². The molecule has 2 saturated heterocycles. The lowest BCUT2D eigenvalue weighted by Gasteiger charge is -2.39. The van der Waals surface area contributed by atoms with Crippen LogP contribution in [0.25, 0.3) is 0 Å². The third kappa shape index (κ3) is 3.81. The third-order valence-electron chi connectivity index (χ3n) is 5.59. The molecule has 22 heavy (non-hydrogen) atoms. The second-order valence-corrected chi connectivity index (χ2v) is 7.07. The minimum absolute atomic E-state index is 0.0534. The Morgan fingerprint density at radius 1 is 1.18 bits per heavy atom. The minimum atomic E-state index is -0.352. The quantitative estimate of drug-likeness (QED) is 0.862. The SMILES string of the molecule is CC(C(=O)NCC1CCCCC1)N1CCC2(CC1)OCCO2. The van der Waals surface area contributed by atoms with Crippen LogP contribution in [0, 0.1) is 5.92 Å². The van der Waals surface area contributed by atoms with Crippen molar-refractivity contribution in [1.82, 2.24) is 10.2 Å². The van der Waals surface area contributed by atoms with Crippen molar-refractivity contribution in [2.45, 2.75) is 63.7 Å². The summed E-state index contributed by atoms with van der Waals surface area (Å²) in [7, 11) is 0. The number of amides is 1. The molecule has 0 aromatic rings. The number of rotatable bonds is 4. The molecule has 3 rings (SSSR count). The van der Waals surface area contributed by atoms with E-state index in [0.717, 1.165) is 32.5 Å². The summed E-state index contributed by atoms with van der Waals surface area (Å²) in [4.78, 5) is 14.6. The third-order valence-corrected chi connectivity index (χ3v) is 5.59. The molecule has 1 spiro atoms. The standard InChI is InChI=1S/C17H30N2O3/c1-14(16(20)18-13-15-5-3-2-4-6-15)19-9-7-17(8-10-19)21-11-12-22-17/h14-15H,2-13H2,1H3,(H,18,20). The van der Waals surface area contributed by atoms with E-state index in [2.05, 4.69) is 10.2 Å². The van der Waals surface area contributed by atoms with Crippen LogP contribution in [-0.2, 0) is 14.3 Å². The zero-order valence-corrected chi connectivity index (χ0v) is 13.8. The maximum atomic E-state index is 12.4. The zero-order chi connectivity index (χ0) is 15.4. The highest BCUT2D eigenvalue weighted by atomic mass is 16.7. The molecule has 2 heterocycles. The fraction of sp³-hybridized carbons (Fsp3) is 0.941. The van der Waals surface area contributed by atoms with E-state index in [1.165, 1.54) is 32.1 Å². The van der Waals surface area contributed by atoms with Gasteiger partial charge in [-0.15, -0.1) is 0 Å². The number of ether oxygens (including phenoxy) is 2. The Labute approximate surface area is 133 Å². The van der Waals surface area contributed by atoms with Crippen molar-refractivity contribution in [3.8, 4) is 0 Å². The van der Waals surface area contributed by atoms with E-state index in [9.17, 15) is 4.79 Å². The average Bonchev–Trinajstić information content (AvgIpc) is 3.02.